The highest BCUT2D eigenvalue weighted by molar-refractivity contribution is 6.32. The number of carbonyl (C=O) groups is 1. The summed E-state index contributed by atoms with van der Waals surface area (Å²) in [4.78, 5) is 30.5. The van der Waals surface area contributed by atoms with Gasteiger partial charge in [0.25, 0.3) is 5.56 Å². The van der Waals surface area contributed by atoms with Crippen molar-refractivity contribution < 1.29 is 9.53 Å². The number of para-hydroxylation sites is 4. The molecule has 1 aromatic heterocycles. The number of aryl methyl sites for hydroxylation is 1. The van der Waals surface area contributed by atoms with Crippen molar-refractivity contribution in [3.63, 3.8) is 0 Å². The minimum atomic E-state index is -0.185. The van der Waals surface area contributed by atoms with Gasteiger partial charge in [-0.3, -0.25) is 14.2 Å². The molecule has 0 saturated heterocycles. The van der Waals surface area contributed by atoms with Crippen molar-refractivity contribution in [2.75, 3.05) is 5.32 Å². The van der Waals surface area contributed by atoms with Crippen LogP contribution in [0, 0.1) is 0 Å². The van der Waals surface area contributed by atoms with Gasteiger partial charge in [-0.2, -0.15) is 0 Å². The zero-order valence-electron chi connectivity index (χ0n) is 17.8. The fourth-order valence-corrected chi connectivity index (χ4v) is 3.99. The van der Waals surface area contributed by atoms with Gasteiger partial charge >= 0.3 is 0 Å². The van der Waals surface area contributed by atoms with Crippen molar-refractivity contribution in [3.05, 3.63) is 94.0 Å². The highest BCUT2D eigenvalue weighted by Crippen LogP contribution is 2.35. The molecule has 1 amide bonds. The van der Waals surface area contributed by atoms with E-state index in [2.05, 4.69) is 5.32 Å². The summed E-state index contributed by atoms with van der Waals surface area (Å²) in [5.74, 6) is 1.47. The largest absolute Gasteiger partial charge is 0.454 e. The van der Waals surface area contributed by atoms with Gasteiger partial charge in [0, 0.05) is 18.9 Å². The molecule has 0 unspecified atom stereocenters. The van der Waals surface area contributed by atoms with Gasteiger partial charge in [-0.15, -0.1) is 0 Å². The third-order valence-electron chi connectivity index (χ3n) is 5.59. The summed E-state index contributed by atoms with van der Waals surface area (Å²) in [7, 11) is 0. The van der Waals surface area contributed by atoms with Gasteiger partial charge in [-0.05, 0) is 49.2 Å². The molecule has 1 N–H and O–H groups in total. The summed E-state index contributed by atoms with van der Waals surface area (Å²) in [6, 6.07) is 21.9. The van der Waals surface area contributed by atoms with E-state index in [1.807, 2.05) is 42.5 Å². The van der Waals surface area contributed by atoms with E-state index in [0.29, 0.717) is 45.4 Å². The lowest BCUT2D eigenvalue weighted by Crippen LogP contribution is -2.25. The van der Waals surface area contributed by atoms with E-state index in [-0.39, 0.29) is 23.9 Å². The first-order chi connectivity index (χ1) is 16.1. The van der Waals surface area contributed by atoms with Crippen LogP contribution >= 0.6 is 11.6 Å². The number of halogens is 1. The van der Waals surface area contributed by atoms with E-state index in [1.165, 1.54) is 0 Å². The van der Waals surface area contributed by atoms with Crippen molar-refractivity contribution in [2.45, 2.75) is 31.7 Å². The molecule has 1 fully saturated rings. The maximum absolute atomic E-state index is 13.0. The Morgan fingerprint density at radius 3 is 2.48 bits per heavy atom. The summed E-state index contributed by atoms with van der Waals surface area (Å²) in [5.41, 5.74) is 1.18. The van der Waals surface area contributed by atoms with E-state index in [0.717, 1.165) is 12.8 Å². The predicted molar refractivity (Wildman–Crippen MR) is 129 cm³/mol. The number of carbonyl (C=O) groups excluding carboxylic acids is 1. The van der Waals surface area contributed by atoms with Gasteiger partial charge in [0.15, 0.2) is 5.75 Å². The molecule has 1 aliphatic carbocycles. The Morgan fingerprint density at radius 1 is 1.00 bits per heavy atom. The summed E-state index contributed by atoms with van der Waals surface area (Å²) >= 11 is 6.20. The van der Waals surface area contributed by atoms with E-state index in [9.17, 15) is 9.59 Å². The molecule has 166 valence electrons. The Kier molecular flexibility index (Phi) is 5.84. The van der Waals surface area contributed by atoms with Crippen molar-refractivity contribution in [1.29, 1.82) is 0 Å². The zero-order chi connectivity index (χ0) is 22.8. The number of ether oxygens (including phenoxy) is 1. The number of rotatable bonds is 7. The van der Waals surface area contributed by atoms with Crippen LogP contribution in [0.3, 0.4) is 0 Å². The molecular weight excluding hydrogens is 438 g/mol. The third-order valence-corrected chi connectivity index (χ3v) is 5.90. The number of hydrogen-bond donors (Lipinski definition) is 1. The number of amides is 1. The van der Waals surface area contributed by atoms with Crippen LogP contribution in [0.25, 0.3) is 10.9 Å². The molecule has 6 nitrogen and oxygen atoms in total. The topological polar surface area (TPSA) is 73.2 Å². The SMILES string of the molecule is O=C(CCc1nc2ccccc2c(=O)n1C1CC1)Nc1ccccc1Oc1ccccc1Cl. The van der Waals surface area contributed by atoms with Gasteiger partial charge in [0.05, 0.1) is 21.6 Å². The summed E-state index contributed by atoms with van der Waals surface area (Å²) in [6.07, 6.45) is 2.49. The number of fused-ring (bicyclic) bond motifs is 1. The molecule has 1 saturated carbocycles. The quantitative estimate of drug-likeness (QED) is 0.382. The van der Waals surface area contributed by atoms with Crippen LogP contribution < -0.4 is 15.6 Å². The molecule has 0 radical (unpaired) electrons. The maximum atomic E-state index is 13.0. The highest BCUT2D eigenvalue weighted by atomic mass is 35.5. The lowest BCUT2D eigenvalue weighted by molar-refractivity contribution is -0.116. The number of benzene rings is 3. The second kappa shape index (κ2) is 9.08. The standard InChI is InChI=1S/C26H22ClN3O3/c27-19-8-2-5-11-22(19)33-23-12-6-4-10-21(23)29-25(31)16-15-24-28-20-9-3-1-7-18(20)26(32)30(24)17-13-14-17/h1-12,17H,13-16H2,(H,29,31). The first-order valence-corrected chi connectivity index (χ1v) is 11.3. The molecule has 7 heteroatoms. The normalized spacial score (nSPS) is 13.1. The van der Waals surface area contributed by atoms with Gasteiger partial charge in [-0.25, -0.2) is 4.98 Å². The Hall–Kier alpha value is -3.64. The van der Waals surface area contributed by atoms with Crippen molar-refractivity contribution in [1.82, 2.24) is 9.55 Å². The smallest absolute Gasteiger partial charge is 0.261 e. The summed E-state index contributed by atoms with van der Waals surface area (Å²) < 4.78 is 7.69. The summed E-state index contributed by atoms with van der Waals surface area (Å²) in [6.45, 7) is 0. The van der Waals surface area contributed by atoms with Crippen molar-refractivity contribution in [2.24, 2.45) is 0 Å². The number of nitrogens with one attached hydrogen (secondary N) is 1. The maximum Gasteiger partial charge on any atom is 0.261 e. The predicted octanol–water partition coefficient (Wildman–Crippen LogP) is 5.75. The molecule has 0 spiro atoms. The second-order valence-corrected chi connectivity index (χ2v) is 8.44. The Balaban J connectivity index is 1.33. The Labute approximate surface area is 195 Å². The lowest BCUT2D eigenvalue weighted by atomic mass is 10.2. The van der Waals surface area contributed by atoms with Crippen molar-refractivity contribution in [3.8, 4) is 11.5 Å². The molecule has 0 atom stereocenters. The minimum absolute atomic E-state index is 0.0306. The number of aromatic nitrogens is 2. The monoisotopic (exact) mass is 459 g/mol. The van der Waals surface area contributed by atoms with Gasteiger partial charge in [0.2, 0.25) is 5.91 Å². The zero-order valence-corrected chi connectivity index (χ0v) is 18.6. The third kappa shape index (κ3) is 4.61. The molecule has 5 rings (SSSR count). The van der Waals surface area contributed by atoms with Crippen LogP contribution in [0.15, 0.2) is 77.6 Å². The van der Waals surface area contributed by atoms with E-state index in [1.54, 1.807) is 34.9 Å². The molecule has 4 aromatic rings. The van der Waals surface area contributed by atoms with Crippen LogP contribution in [0.2, 0.25) is 5.02 Å². The molecule has 0 aliphatic heterocycles. The van der Waals surface area contributed by atoms with Gasteiger partial charge in [-0.1, -0.05) is 48.0 Å². The lowest BCUT2D eigenvalue weighted by Gasteiger charge is -2.14. The molecule has 3 aromatic carbocycles. The van der Waals surface area contributed by atoms with E-state index >= 15 is 0 Å². The first kappa shape index (κ1) is 21.2. The van der Waals surface area contributed by atoms with E-state index in [4.69, 9.17) is 21.3 Å². The number of nitrogens with zero attached hydrogens (tertiary/aromatic N) is 2. The molecule has 33 heavy (non-hydrogen) atoms. The number of anilines is 1. The fourth-order valence-electron chi connectivity index (χ4n) is 3.82. The first-order valence-electron chi connectivity index (χ1n) is 10.9. The average Bonchev–Trinajstić information content (AvgIpc) is 3.66. The van der Waals surface area contributed by atoms with Crippen LogP contribution in [0.1, 0.15) is 31.1 Å². The van der Waals surface area contributed by atoms with Gasteiger partial charge < -0.3 is 10.1 Å². The van der Waals surface area contributed by atoms with Gasteiger partial charge in [0.1, 0.15) is 11.6 Å². The van der Waals surface area contributed by atoms with Crippen LogP contribution in [-0.4, -0.2) is 15.5 Å². The van der Waals surface area contributed by atoms with Crippen LogP contribution in [-0.2, 0) is 11.2 Å². The summed E-state index contributed by atoms with van der Waals surface area (Å²) in [5, 5.41) is 4.01. The Morgan fingerprint density at radius 2 is 1.70 bits per heavy atom. The molecule has 1 heterocycles. The van der Waals surface area contributed by atoms with Crippen molar-refractivity contribution >= 4 is 34.1 Å². The Bertz CT molecular complexity index is 1400. The fraction of sp³-hybridized carbons (Fsp3) is 0.192. The van der Waals surface area contributed by atoms with Crippen LogP contribution in [0.4, 0.5) is 5.69 Å². The highest BCUT2D eigenvalue weighted by Gasteiger charge is 2.28. The second-order valence-electron chi connectivity index (χ2n) is 8.03. The molecular formula is C26H22ClN3O3. The average molecular weight is 460 g/mol. The van der Waals surface area contributed by atoms with Crippen LogP contribution in [0.5, 0.6) is 11.5 Å². The number of hydrogen-bond acceptors (Lipinski definition) is 4. The molecule has 0 bridgehead atoms. The van der Waals surface area contributed by atoms with E-state index < -0.39 is 0 Å². The minimum Gasteiger partial charge on any atom is -0.454 e. The molecule has 1 aliphatic rings.